The standard InChI is InChI=1S/C11H11IN2O2S/c1-8-5-10(12)3-4-11(8)17(15,16)14-6-9(2)13-7-14/h3-7H,1-2H3. The molecule has 1 aromatic heterocycles. The molecule has 0 aliphatic rings. The lowest BCUT2D eigenvalue weighted by atomic mass is 10.2. The summed E-state index contributed by atoms with van der Waals surface area (Å²) in [6, 6.07) is 5.25. The molecule has 6 heteroatoms. The van der Waals surface area contributed by atoms with E-state index in [1.54, 1.807) is 26.0 Å². The van der Waals surface area contributed by atoms with Gasteiger partial charge in [0.2, 0.25) is 0 Å². The van der Waals surface area contributed by atoms with Gasteiger partial charge in [-0.15, -0.1) is 0 Å². The highest BCUT2D eigenvalue weighted by Gasteiger charge is 2.19. The summed E-state index contributed by atoms with van der Waals surface area (Å²) in [5, 5.41) is 0. The van der Waals surface area contributed by atoms with Crippen LogP contribution in [0.25, 0.3) is 0 Å². The van der Waals surface area contributed by atoms with Gasteiger partial charge in [-0.25, -0.2) is 17.4 Å². The van der Waals surface area contributed by atoms with E-state index in [9.17, 15) is 8.42 Å². The van der Waals surface area contributed by atoms with Crippen molar-refractivity contribution >= 4 is 32.6 Å². The van der Waals surface area contributed by atoms with Gasteiger partial charge < -0.3 is 0 Å². The Kier molecular flexibility index (Phi) is 3.26. The number of imidazole rings is 1. The zero-order valence-electron chi connectivity index (χ0n) is 9.38. The van der Waals surface area contributed by atoms with E-state index in [-0.39, 0.29) is 0 Å². The Hall–Kier alpha value is -0.890. The van der Waals surface area contributed by atoms with Gasteiger partial charge in [-0.05, 0) is 60.2 Å². The summed E-state index contributed by atoms with van der Waals surface area (Å²) in [4.78, 5) is 4.25. The Bertz CT molecular complexity index is 662. The fourth-order valence-electron chi connectivity index (χ4n) is 1.55. The molecule has 0 aliphatic carbocycles. The van der Waals surface area contributed by atoms with Crippen LogP contribution in [-0.2, 0) is 10.0 Å². The Balaban J connectivity index is 2.60. The van der Waals surface area contributed by atoms with E-state index >= 15 is 0 Å². The van der Waals surface area contributed by atoms with Crippen LogP contribution in [0.2, 0.25) is 0 Å². The monoisotopic (exact) mass is 362 g/mol. The Morgan fingerprint density at radius 2 is 2.00 bits per heavy atom. The fraction of sp³-hybridized carbons (Fsp3) is 0.182. The van der Waals surface area contributed by atoms with Crippen molar-refractivity contribution in [3.05, 3.63) is 45.6 Å². The minimum Gasteiger partial charge on any atom is -0.241 e. The molecule has 0 bridgehead atoms. The molecule has 1 heterocycles. The second-order valence-corrected chi connectivity index (χ2v) is 6.82. The smallest absolute Gasteiger partial charge is 0.241 e. The summed E-state index contributed by atoms with van der Waals surface area (Å²) >= 11 is 2.16. The number of hydrogen-bond donors (Lipinski definition) is 0. The molecule has 1 aromatic carbocycles. The lowest BCUT2D eigenvalue weighted by molar-refractivity contribution is 0.586. The van der Waals surface area contributed by atoms with Gasteiger partial charge in [0, 0.05) is 9.77 Å². The molecule has 0 amide bonds. The van der Waals surface area contributed by atoms with Crippen molar-refractivity contribution < 1.29 is 8.42 Å². The van der Waals surface area contributed by atoms with Crippen LogP contribution in [0.5, 0.6) is 0 Å². The number of aromatic nitrogens is 2. The third-order valence-electron chi connectivity index (χ3n) is 2.38. The normalized spacial score (nSPS) is 11.7. The molecule has 0 saturated heterocycles. The molecule has 0 fully saturated rings. The highest BCUT2D eigenvalue weighted by atomic mass is 127. The van der Waals surface area contributed by atoms with E-state index in [0.29, 0.717) is 10.6 Å². The number of rotatable bonds is 2. The van der Waals surface area contributed by atoms with Crippen LogP contribution in [0.1, 0.15) is 11.3 Å². The summed E-state index contributed by atoms with van der Waals surface area (Å²) in [7, 11) is -3.51. The summed E-state index contributed by atoms with van der Waals surface area (Å²) in [6.07, 6.45) is 2.83. The number of hydrogen-bond acceptors (Lipinski definition) is 3. The maximum atomic E-state index is 12.3. The fourth-order valence-corrected chi connectivity index (χ4v) is 3.59. The number of aryl methyl sites for hydroxylation is 2. The van der Waals surface area contributed by atoms with Gasteiger partial charge in [0.1, 0.15) is 6.33 Å². The maximum Gasteiger partial charge on any atom is 0.269 e. The summed E-state index contributed by atoms with van der Waals surface area (Å²) < 4.78 is 26.8. The lowest BCUT2D eigenvalue weighted by Crippen LogP contribution is -2.12. The van der Waals surface area contributed by atoms with Crippen LogP contribution >= 0.6 is 22.6 Å². The zero-order valence-corrected chi connectivity index (χ0v) is 12.4. The highest BCUT2D eigenvalue weighted by molar-refractivity contribution is 14.1. The van der Waals surface area contributed by atoms with Crippen molar-refractivity contribution in [2.24, 2.45) is 0 Å². The van der Waals surface area contributed by atoms with E-state index < -0.39 is 10.0 Å². The third kappa shape index (κ3) is 2.37. The molecule has 17 heavy (non-hydrogen) atoms. The first-order valence-corrected chi connectivity index (χ1v) is 7.45. The van der Waals surface area contributed by atoms with Crippen molar-refractivity contribution in [1.82, 2.24) is 8.96 Å². The second kappa shape index (κ2) is 4.41. The minimum absolute atomic E-state index is 0.315. The van der Waals surface area contributed by atoms with E-state index in [2.05, 4.69) is 27.6 Å². The van der Waals surface area contributed by atoms with Gasteiger partial charge in [-0.1, -0.05) is 0 Å². The molecular formula is C11H11IN2O2S. The SMILES string of the molecule is Cc1cn(S(=O)(=O)c2ccc(I)cc2C)cn1. The zero-order chi connectivity index (χ0) is 12.6. The predicted octanol–water partition coefficient (Wildman–Crippen LogP) is 2.34. The van der Waals surface area contributed by atoms with Crippen molar-refractivity contribution in [1.29, 1.82) is 0 Å². The van der Waals surface area contributed by atoms with Crippen molar-refractivity contribution in [2.75, 3.05) is 0 Å². The molecule has 2 rings (SSSR count). The van der Waals surface area contributed by atoms with Crippen LogP contribution < -0.4 is 0 Å². The van der Waals surface area contributed by atoms with Crippen molar-refractivity contribution in [2.45, 2.75) is 18.7 Å². The number of benzene rings is 1. The van der Waals surface area contributed by atoms with Crippen LogP contribution in [0.3, 0.4) is 0 Å². The summed E-state index contributed by atoms with van der Waals surface area (Å²) in [5.74, 6) is 0. The minimum atomic E-state index is -3.51. The van der Waals surface area contributed by atoms with Gasteiger partial charge in [0.25, 0.3) is 10.0 Å². The predicted molar refractivity (Wildman–Crippen MR) is 73.4 cm³/mol. The quantitative estimate of drug-likeness (QED) is 0.771. The molecule has 0 unspecified atom stereocenters. The molecule has 0 atom stereocenters. The molecule has 90 valence electrons. The summed E-state index contributed by atoms with van der Waals surface area (Å²) in [6.45, 7) is 3.55. The van der Waals surface area contributed by atoms with E-state index in [1.165, 1.54) is 12.5 Å². The molecule has 4 nitrogen and oxygen atoms in total. The Labute approximate surface area is 114 Å². The van der Waals surface area contributed by atoms with Crippen LogP contribution in [0.15, 0.2) is 35.6 Å². The van der Waals surface area contributed by atoms with Crippen LogP contribution in [0.4, 0.5) is 0 Å². The second-order valence-electron chi connectivity index (χ2n) is 3.76. The molecular weight excluding hydrogens is 351 g/mol. The Morgan fingerprint density at radius 1 is 1.29 bits per heavy atom. The van der Waals surface area contributed by atoms with Gasteiger partial charge in [-0.3, -0.25) is 0 Å². The molecule has 0 saturated carbocycles. The van der Waals surface area contributed by atoms with Gasteiger partial charge >= 0.3 is 0 Å². The molecule has 0 N–H and O–H groups in total. The highest BCUT2D eigenvalue weighted by Crippen LogP contribution is 2.20. The van der Waals surface area contributed by atoms with Gasteiger partial charge in [0.15, 0.2) is 0 Å². The molecule has 2 aromatic rings. The lowest BCUT2D eigenvalue weighted by Gasteiger charge is -2.08. The largest absolute Gasteiger partial charge is 0.269 e. The van der Waals surface area contributed by atoms with Crippen molar-refractivity contribution in [3.8, 4) is 0 Å². The topological polar surface area (TPSA) is 52.0 Å². The average molecular weight is 362 g/mol. The maximum absolute atomic E-state index is 12.3. The van der Waals surface area contributed by atoms with Gasteiger partial charge in [-0.2, -0.15) is 0 Å². The first kappa shape index (κ1) is 12.6. The van der Waals surface area contributed by atoms with Gasteiger partial charge in [0.05, 0.1) is 10.6 Å². The average Bonchev–Trinajstić information content (AvgIpc) is 2.64. The first-order valence-electron chi connectivity index (χ1n) is 4.93. The summed E-state index contributed by atoms with van der Waals surface area (Å²) in [5.41, 5.74) is 1.42. The number of halogens is 1. The third-order valence-corrected chi connectivity index (χ3v) is 4.82. The van der Waals surface area contributed by atoms with E-state index in [4.69, 9.17) is 0 Å². The molecule has 0 spiro atoms. The van der Waals surface area contributed by atoms with Crippen LogP contribution in [-0.4, -0.2) is 17.4 Å². The van der Waals surface area contributed by atoms with Crippen LogP contribution in [0, 0.1) is 17.4 Å². The number of nitrogens with zero attached hydrogens (tertiary/aromatic N) is 2. The van der Waals surface area contributed by atoms with E-state index in [0.717, 1.165) is 13.1 Å². The first-order chi connectivity index (χ1) is 7.91. The molecule has 0 aliphatic heterocycles. The molecule has 0 radical (unpaired) electrons. The van der Waals surface area contributed by atoms with E-state index in [1.807, 2.05) is 6.07 Å². The Morgan fingerprint density at radius 3 is 2.53 bits per heavy atom. The van der Waals surface area contributed by atoms with Crippen molar-refractivity contribution in [3.63, 3.8) is 0 Å².